The van der Waals surface area contributed by atoms with E-state index in [0.717, 1.165) is 4.90 Å². The Morgan fingerprint density at radius 2 is 2.04 bits per heavy atom. The van der Waals surface area contributed by atoms with Gasteiger partial charge in [-0.25, -0.2) is 9.18 Å². The van der Waals surface area contributed by atoms with Crippen molar-refractivity contribution in [2.75, 3.05) is 11.5 Å². The van der Waals surface area contributed by atoms with E-state index in [0.29, 0.717) is 0 Å². The molecule has 0 saturated carbocycles. The fraction of sp³-hybridized carbons (Fsp3) is 0.312. The van der Waals surface area contributed by atoms with E-state index in [-0.39, 0.29) is 11.4 Å². The summed E-state index contributed by atoms with van der Waals surface area (Å²) in [6, 6.07) is 9.32. The zero-order chi connectivity index (χ0) is 18.0. The number of hydrogen-bond donors (Lipinski definition) is 3. The second kappa shape index (κ2) is 7.09. The van der Waals surface area contributed by atoms with Crippen molar-refractivity contribution < 1.29 is 24.1 Å². The molecule has 3 rings (SSSR count). The topological polar surface area (TPSA) is 116 Å². The Labute approximate surface area is 141 Å². The van der Waals surface area contributed by atoms with Crippen molar-refractivity contribution >= 4 is 11.7 Å². The molecule has 1 fully saturated rings. The summed E-state index contributed by atoms with van der Waals surface area (Å²) >= 11 is 0. The Hall–Kier alpha value is -2.62. The van der Waals surface area contributed by atoms with E-state index >= 15 is 0 Å². The molecule has 25 heavy (non-hydrogen) atoms. The first-order valence-corrected chi connectivity index (χ1v) is 7.55. The normalized spacial score (nSPS) is 25.7. The van der Waals surface area contributed by atoms with Gasteiger partial charge in [0.05, 0.1) is 6.61 Å². The molecule has 0 bridgehead atoms. The number of carbonyl (C=O) groups is 1. The van der Waals surface area contributed by atoms with E-state index in [1.54, 1.807) is 18.2 Å². The molecule has 2 aromatic rings. The van der Waals surface area contributed by atoms with Crippen molar-refractivity contribution in [3.8, 4) is 0 Å². The van der Waals surface area contributed by atoms with Gasteiger partial charge in [-0.05, 0) is 18.2 Å². The summed E-state index contributed by atoms with van der Waals surface area (Å²) in [5.74, 6) is -0.784. The average molecular weight is 349 g/mol. The van der Waals surface area contributed by atoms with Gasteiger partial charge >= 0.3 is 5.69 Å². The SMILES string of the molecule is O=C(c1ccccc1)N(c1cc[nH]c(=O)n1)[C@@H]1O[C@H](CO)[C@@H](O)[C@@H]1F. The number of anilines is 1. The molecule has 1 aliphatic rings. The van der Waals surface area contributed by atoms with Crippen molar-refractivity contribution in [3.63, 3.8) is 0 Å². The number of carbonyl (C=O) groups excluding carboxylic acids is 1. The van der Waals surface area contributed by atoms with Crippen LogP contribution in [0.25, 0.3) is 0 Å². The second-order valence-electron chi connectivity index (χ2n) is 5.48. The zero-order valence-electron chi connectivity index (χ0n) is 12.9. The summed E-state index contributed by atoms with van der Waals surface area (Å²) in [6.45, 7) is -0.617. The van der Waals surface area contributed by atoms with Crippen molar-refractivity contribution in [2.45, 2.75) is 24.6 Å². The highest BCUT2D eigenvalue weighted by Crippen LogP contribution is 2.30. The summed E-state index contributed by atoms with van der Waals surface area (Å²) in [6.07, 6.45) is -5.05. The Morgan fingerprint density at radius 3 is 2.64 bits per heavy atom. The third-order valence-electron chi connectivity index (χ3n) is 3.87. The predicted molar refractivity (Wildman–Crippen MR) is 84.8 cm³/mol. The quantitative estimate of drug-likeness (QED) is 0.706. The Bertz CT molecular complexity index is 800. The lowest BCUT2D eigenvalue weighted by atomic mass is 10.1. The summed E-state index contributed by atoms with van der Waals surface area (Å²) < 4.78 is 19.8. The number of nitrogens with one attached hydrogen (secondary N) is 1. The molecule has 2 heterocycles. The van der Waals surface area contributed by atoms with E-state index in [1.165, 1.54) is 24.4 Å². The molecule has 4 atom stereocenters. The Kier molecular flexibility index (Phi) is 4.88. The third-order valence-corrected chi connectivity index (χ3v) is 3.87. The number of aliphatic hydroxyl groups is 2. The average Bonchev–Trinajstić information content (AvgIpc) is 2.91. The van der Waals surface area contributed by atoms with Gasteiger partial charge in [0.15, 0.2) is 12.4 Å². The molecule has 1 amide bonds. The maximum Gasteiger partial charge on any atom is 0.346 e. The summed E-state index contributed by atoms with van der Waals surface area (Å²) in [7, 11) is 0. The lowest BCUT2D eigenvalue weighted by molar-refractivity contribution is -0.0216. The van der Waals surface area contributed by atoms with Gasteiger partial charge in [-0.15, -0.1) is 0 Å². The Balaban J connectivity index is 2.04. The summed E-state index contributed by atoms with van der Waals surface area (Å²) in [5, 5.41) is 19.0. The zero-order valence-corrected chi connectivity index (χ0v) is 12.9. The van der Waals surface area contributed by atoms with Gasteiger partial charge in [0.2, 0.25) is 0 Å². The van der Waals surface area contributed by atoms with E-state index in [4.69, 9.17) is 4.74 Å². The van der Waals surface area contributed by atoms with Gasteiger partial charge in [-0.3, -0.25) is 9.69 Å². The molecule has 0 unspecified atom stereocenters. The van der Waals surface area contributed by atoms with Crippen LogP contribution in [0.2, 0.25) is 0 Å². The summed E-state index contributed by atoms with van der Waals surface area (Å²) in [5.41, 5.74) is -0.502. The first-order valence-electron chi connectivity index (χ1n) is 7.55. The lowest BCUT2D eigenvalue weighted by Crippen LogP contribution is -2.47. The number of alkyl halides is 1. The first kappa shape index (κ1) is 17.2. The molecule has 1 saturated heterocycles. The van der Waals surface area contributed by atoms with E-state index < -0.39 is 42.8 Å². The highest BCUT2D eigenvalue weighted by molar-refractivity contribution is 6.05. The van der Waals surface area contributed by atoms with Crippen LogP contribution in [-0.4, -0.2) is 57.3 Å². The fourth-order valence-corrected chi connectivity index (χ4v) is 2.63. The molecule has 0 aliphatic carbocycles. The van der Waals surface area contributed by atoms with Crippen LogP contribution >= 0.6 is 0 Å². The minimum absolute atomic E-state index is 0.129. The number of ether oxygens (including phenoxy) is 1. The number of amides is 1. The molecular formula is C16H16FN3O5. The number of aliphatic hydroxyl groups excluding tert-OH is 2. The molecule has 1 aromatic carbocycles. The van der Waals surface area contributed by atoms with Crippen LogP contribution in [0.1, 0.15) is 10.4 Å². The van der Waals surface area contributed by atoms with Gasteiger partial charge in [0.25, 0.3) is 5.91 Å². The van der Waals surface area contributed by atoms with E-state index in [1.807, 2.05) is 0 Å². The highest BCUT2D eigenvalue weighted by Gasteiger charge is 2.49. The van der Waals surface area contributed by atoms with Gasteiger partial charge in [-0.1, -0.05) is 18.2 Å². The third kappa shape index (κ3) is 3.29. The van der Waals surface area contributed by atoms with Crippen molar-refractivity contribution in [1.82, 2.24) is 9.97 Å². The van der Waals surface area contributed by atoms with Gasteiger partial charge in [-0.2, -0.15) is 4.98 Å². The van der Waals surface area contributed by atoms with Crippen LogP contribution < -0.4 is 10.6 Å². The van der Waals surface area contributed by atoms with Crippen LogP contribution in [-0.2, 0) is 4.74 Å². The minimum atomic E-state index is -1.98. The minimum Gasteiger partial charge on any atom is -0.394 e. The molecule has 3 N–H and O–H groups in total. The molecule has 0 radical (unpaired) electrons. The molecular weight excluding hydrogens is 333 g/mol. The number of aromatic amines is 1. The molecule has 8 nitrogen and oxygen atoms in total. The van der Waals surface area contributed by atoms with Crippen LogP contribution in [0, 0.1) is 0 Å². The highest BCUT2D eigenvalue weighted by atomic mass is 19.1. The van der Waals surface area contributed by atoms with Crippen LogP contribution in [0.5, 0.6) is 0 Å². The molecule has 9 heteroatoms. The monoisotopic (exact) mass is 349 g/mol. The standard InChI is InChI=1S/C16H16FN3O5/c17-12-13(22)10(8-21)25-15(12)20(11-6-7-18-16(24)19-11)14(23)9-4-2-1-3-5-9/h1-7,10,12-13,15,21-22H,8H2,(H,18,19,24)/t10-,12+,13-,15-/m1/s1. The lowest BCUT2D eigenvalue weighted by Gasteiger charge is -2.28. The van der Waals surface area contributed by atoms with Crippen LogP contribution in [0.4, 0.5) is 10.2 Å². The van der Waals surface area contributed by atoms with Crippen molar-refractivity contribution in [2.24, 2.45) is 0 Å². The van der Waals surface area contributed by atoms with Gasteiger partial charge in [0.1, 0.15) is 18.0 Å². The van der Waals surface area contributed by atoms with Gasteiger partial charge in [0, 0.05) is 11.8 Å². The maximum atomic E-state index is 14.5. The molecule has 0 spiro atoms. The number of nitrogens with zero attached hydrogens (tertiary/aromatic N) is 2. The number of H-pyrrole nitrogens is 1. The van der Waals surface area contributed by atoms with Crippen molar-refractivity contribution in [3.05, 3.63) is 58.6 Å². The molecule has 1 aliphatic heterocycles. The predicted octanol–water partition coefficient (Wildman–Crippen LogP) is -0.167. The molecule has 132 valence electrons. The number of benzene rings is 1. The van der Waals surface area contributed by atoms with E-state index in [9.17, 15) is 24.2 Å². The molecule has 1 aromatic heterocycles. The second-order valence-corrected chi connectivity index (χ2v) is 5.48. The van der Waals surface area contributed by atoms with Crippen molar-refractivity contribution in [1.29, 1.82) is 0 Å². The van der Waals surface area contributed by atoms with Gasteiger partial charge < -0.3 is 19.9 Å². The first-order chi connectivity index (χ1) is 12.0. The van der Waals surface area contributed by atoms with E-state index in [2.05, 4.69) is 9.97 Å². The number of rotatable bonds is 4. The number of hydrogen-bond acceptors (Lipinski definition) is 6. The largest absolute Gasteiger partial charge is 0.394 e. The van der Waals surface area contributed by atoms with Crippen LogP contribution in [0.3, 0.4) is 0 Å². The fourth-order valence-electron chi connectivity index (χ4n) is 2.63. The summed E-state index contributed by atoms with van der Waals surface area (Å²) in [4.78, 5) is 31.2. The Morgan fingerprint density at radius 1 is 1.32 bits per heavy atom. The smallest absolute Gasteiger partial charge is 0.346 e. The van der Waals surface area contributed by atoms with Crippen LogP contribution in [0.15, 0.2) is 47.4 Å². The number of aromatic nitrogens is 2. The number of halogens is 1. The maximum absolute atomic E-state index is 14.5.